The van der Waals surface area contributed by atoms with Crippen molar-refractivity contribution in [3.63, 3.8) is 0 Å². The molecule has 5 rings (SSSR count). The highest BCUT2D eigenvalue weighted by Crippen LogP contribution is 2.28. The summed E-state index contributed by atoms with van der Waals surface area (Å²) in [5, 5.41) is 1.14. The third-order valence-corrected chi connectivity index (χ3v) is 5.25. The first-order valence-electron chi connectivity index (χ1n) is 9.74. The van der Waals surface area contributed by atoms with Gasteiger partial charge in [-0.25, -0.2) is 15.0 Å². The van der Waals surface area contributed by atoms with Gasteiger partial charge in [-0.05, 0) is 42.3 Å². The molecule has 1 amide bonds. The minimum atomic E-state index is -0.0388. The van der Waals surface area contributed by atoms with E-state index in [1.807, 2.05) is 11.0 Å². The van der Waals surface area contributed by atoms with Crippen LogP contribution in [0.5, 0.6) is 11.6 Å². The summed E-state index contributed by atoms with van der Waals surface area (Å²) in [5.41, 5.74) is 10.0. The highest BCUT2D eigenvalue weighted by molar-refractivity contribution is 5.95. The van der Waals surface area contributed by atoms with Crippen LogP contribution in [0, 0.1) is 0 Å². The van der Waals surface area contributed by atoms with E-state index in [2.05, 4.69) is 26.0 Å². The highest BCUT2D eigenvalue weighted by Gasteiger charge is 2.25. The number of aromatic amines is 1. The van der Waals surface area contributed by atoms with Gasteiger partial charge in [0, 0.05) is 42.0 Å². The number of rotatable bonds is 4. The van der Waals surface area contributed by atoms with E-state index in [1.165, 1.54) is 11.9 Å². The van der Waals surface area contributed by atoms with Crippen molar-refractivity contribution in [3.8, 4) is 11.6 Å². The van der Waals surface area contributed by atoms with Crippen LogP contribution in [-0.2, 0) is 19.5 Å². The zero-order valence-corrected chi connectivity index (χ0v) is 17.4. The SMILES string of the molecule is Cl.NCc1cc(Oc2cccc(C(=O)N3CCc4c([nH]c5ncccc45)C3)c2)ncn1. The van der Waals surface area contributed by atoms with Gasteiger partial charge in [0.05, 0.1) is 12.2 Å². The molecule has 0 saturated carbocycles. The second-order valence-electron chi connectivity index (χ2n) is 7.14. The summed E-state index contributed by atoms with van der Waals surface area (Å²) >= 11 is 0. The number of nitrogens with zero attached hydrogens (tertiary/aromatic N) is 4. The quantitative estimate of drug-likeness (QED) is 0.508. The lowest BCUT2D eigenvalue weighted by atomic mass is 10.0. The third-order valence-electron chi connectivity index (χ3n) is 5.25. The van der Waals surface area contributed by atoms with Gasteiger partial charge in [-0.2, -0.15) is 0 Å². The summed E-state index contributed by atoms with van der Waals surface area (Å²) in [7, 11) is 0. The van der Waals surface area contributed by atoms with Crippen molar-refractivity contribution < 1.29 is 9.53 Å². The van der Waals surface area contributed by atoms with Crippen molar-refractivity contribution in [1.82, 2.24) is 24.8 Å². The van der Waals surface area contributed by atoms with E-state index in [0.29, 0.717) is 42.5 Å². The Kier molecular flexibility index (Phi) is 5.83. The number of carbonyl (C=O) groups is 1. The molecule has 0 unspecified atom stereocenters. The van der Waals surface area contributed by atoms with Crippen molar-refractivity contribution in [2.45, 2.75) is 19.5 Å². The number of carbonyl (C=O) groups excluding carboxylic acids is 1. The fourth-order valence-electron chi connectivity index (χ4n) is 3.78. The van der Waals surface area contributed by atoms with Gasteiger partial charge in [-0.1, -0.05) is 6.07 Å². The first kappa shape index (κ1) is 20.8. The number of benzene rings is 1. The maximum Gasteiger partial charge on any atom is 0.254 e. The number of amides is 1. The maximum atomic E-state index is 13.1. The standard InChI is InChI=1S/C22H20N6O2.ClH/c23-11-15-10-20(26-13-25-15)30-16-4-1-3-14(9-16)22(29)28-8-6-17-18-5-2-7-24-21(18)27-19(17)12-28;/h1-5,7,9-10,13H,6,8,11-12,23H2,(H,24,27);1H. The minimum absolute atomic E-state index is 0. The van der Waals surface area contributed by atoms with Gasteiger partial charge in [0.1, 0.15) is 17.7 Å². The van der Waals surface area contributed by atoms with Gasteiger partial charge in [0.25, 0.3) is 5.91 Å². The topological polar surface area (TPSA) is 110 Å². The highest BCUT2D eigenvalue weighted by atomic mass is 35.5. The maximum absolute atomic E-state index is 13.1. The largest absolute Gasteiger partial charge is 0.439 e. The van der Waals surface area contributed by atoms with E-state index >= 15 is 0 Å². The van der Waals surface area contributed by atoms with Crippen LogP contribution in [0.25, 0.3) is 11.0 Å². The van der Waals surface area contributed by atoms with Crippen molar-refractivity contribution in [2.75, 3.05) is 6.54 Å². The van der Waals surface area contributed by atoms with Gasteiger partial charge >= 0.3 is 0 Å². The lowest BCUT2D eigenvalue weighted by Gasteiger charge is -2.27. The Morgan fingerprint density at radius 1 is 1.16 bits per heavy atom. The van der Waals surface area contributed by atoms with Crippen LogP contribution in [0.15, 0.2) is 55.0 Å². The molecular weight excluding hydrogens is 416 g/mol. The van der Waals surface area contributed by atoms with E-state index in [0.717, 1.165) is 23.1 Å². The summed E-state index contributed by atoms with van der Waals surface area (Å²) in [6.07, 6.45) is 3.98. The molecule has 1 aromatic carbocycles. The number of hydrogen-bond acceptors (Lipinski definition) is 6. The molecule has 4 heterocycles. The number of nitrogens with one attached hydrogen (secondary N) is 1. The number of nitrogens with two attached hydrogens (primary N) is 1. The number of aromatic nitrogens is 4. The number of hydrogen-bond donors (Lipinski definition) is 2. The molecule has 0 spiro atoms. The van der Waals surface area contributed by atoms with Gasteiger partial charge in [0.15, 0.2) is 0 Å². The number of fused-ring (bicyclic) bond motifs is 3. The molecule has 0 atom stereocenters. The predicted molar refractivity (Wildman–Crippen MR) is 118 cm³/mol. The summed E-state index contributed by atoms with van der Waals surface area (Å²) in [6.45, 7) is 1.49. The number of pyridine rings is 1. The van der Waals surface area contributed by atoms with Gasteiger partial charge in [0.2, 0.25) is 5.88 Å². The smallest absolute Gasteiger partial charge is 0.254 e. The first-order chi connectivity index (χ1) is 14.7. The van der Waals surface area contributed by atoms with Crippen LogP contribution in [0.3, 0.4) is 0 Å². The zero-order chi connectivity index (χ0) is 20.5. The number of H-pyrrole nitrogens is 1. The lowest BCUT2D eigenvalue weighted by molar-refractivity contribution is 0.0732. The molecule has 158 valence electrons. The van der Waals surface area contributed by atoms with Crippen molar-refractivity contribution >= 4 is 29.3 Å². The van der Waals surface area contributed by atoms with Crippen molar-refractivity contribution in [3.05, 3.63) is 77.5 Å². The lowest BCUT2D eigenvalue weighted by Crippen LogP contribution is -2.35. The van der Waals surface area contributed by atoms with Crippen molar-refractivity contribution in [2.24, 2.45) is 5.73 Å². The summed E-state index contributed by atoms with van der Waals surface area (Å²) in [4.78, 5) is 30.9. The molecule has 8 nitrogen and oxygen atoms in total. The number of ether oxygens (including phenoxy) is 1. The Labute approximate surface area is 184 Å². The molecule has 0 fully saturated rings. The molecule has 3 aromatic heterocycles. The Bertz CT molecular complexity index is 1240. The van der Waals surface area contributed by atoms with Crippen LogP contribution in [-0.4, -0.2) is 37.3 Å². The fraction of sp³-hybridized carbons (Fsp3) is 0.182. The minimum Gasteiger partial charge on any atom is -0.439 e. The average Bonchev–Trinajstić information content (AvgIpc) is 3.16. The van der Waals surface area contributed by atoms with Crippen LogP contribution >= 0.6 is 12.4 Å². The molecule has 3 N–H and O–H groups in total. The molecule has 1 aliphatic heterocycles. The van der Waals surface area contributed by atoms with E-state index in [-0.39, 0.29) is 18.3 Å². The molecule has 0 aliphatic carbocycles. The normalized spacial score (nSPS) is 12.9. The fourth-order valence-corrected chi connectivity index (χ4v) is 3.78. The van der Waals surface area contributed by atoms with Crippen molar-refractivity contribution in [1.29, 1.82) is 0 Å². The average molecular weight is 437 g/mol. The molecule has 4 aromatic rings. The van der Waals surface area contributed by atoms with E-state index < -0.39 is 0 Å². The first-order valence-corrected chi connectivity index (χ1v) is 9.74. The van der Waals surface area contributed by atoms with Crippen LogP contribution in [0.2, 0.25) is 0 Å². The van der Waals surface area contributed by atoms with E-state index in [9.17, 15) is 4.79 Å². The molecule has 9 heteroatoms. The number of halogens is 1. The van der Waals surface area contributed by atoms with Crippen LogP contribution in [0.1, 0.15) is 27.3 Å². The predicted octanol–water partition coefficient (Wildman–Crippen LogP) is 3.22. The van der Waals surface area contributed by atoms with Gasteiger partial charge in [-0.15, -0.1) is 12.4 Å². The van der Waals surface area contributed by atoms with Crippen LogP contribution in [0.4, 0.5) is 0 Å². The Morgan fingerprint density at radius 2 is 2.06 bits per heavy atom. The second kappa shape index (κ2) is 8.71. The molecule has 1 aliphatic rings. The van der Waals surface area contributed by atoms with E-state index in [1.54, 1.807) is 36.5 Å². The Balaban J connectivity index is 0.00000231. The Morgan fingerprint density at radius 3 is 2.94 bits per heavy atom. The van der Waals surface area contributed by atoms with Gasteiger partial charge < -0.3 is 20.4 Å². The van der Waals surface area contributed by atoms with Crippen LogP contribution < -0.4 is 10.5 Å². The summed E-state index contributed by atoms with van der Waals surface area (Å²) in [6, 6.07) is 12.8. The third kappa shape index (κ3) is 4.08. The molecule has 0 bridgehead atoms. The zero-order valence-electron chi connectivity index (χ0n) is 16.6. The summed E-state index contributed by atoms with van der Waals surface area (Å²) in [5.74, 6) is 0.890. The Hall–Kier alpha value is -3.49. The second-order valence-corrected chi connectivity index (χ2v) is 7.14. The molecule has 0 saturated heterocycles. The van der Waals surface area contributed by atoms with E-state index in [4.69, 9.17) is 10.5 Å². The molecule has 0 radical (unpaired) electrons. The molecular formula is C22H21ClN6O2. The van der Waals surface area contributed by atoms with Gasteiger partial charge in [-0.3, -0.25) is 4.79 Å². The monoisotopic (exact) mass is 436 g/mol. The molecule has 31 heavy (non-hydrogen) atoms. The summed E-state index contributed by atoms with van der Waals surface area (Å²) < 4.78 is 5.80.